The van der Waals surface area contributed by atoms with Gasteiger partial charge in [0.1, 0.15) is 5.82 Å². The number of sulfonamides is 1. The lowest BCUT2D eigenvalue weighted by molar-refractivity contribution is 0.0691. The van der Waals surface area contributed by atoms with Crippen molar-refractivity contribution in [2.75, 3.05) is 13.2 Å². The zero-order valence-corrected chi connectivity index (χ0v) is 12.8. The first kappa shape index (κ1) is 17.5. The van der Waals surface area contributed by atoms with Gasteiger partial charge in [0, 0.05) is 6.54 Å². The number of hydrogen-bond donors (Lipinski definition) is 2. The SMILES string of the molecule is Cc1cc(S(=O)(=O)NCCOC(C)C)cc(C(=O)O)c1F. The summed E-state index contributed by atoms with van der Waals surface area (Å²) in [7, 11) is -3.91. The van der Waals surface area contributed by atoms with Crippen LogP contribution in [0.3, 0.4) is 0 Å². The molecular formula is C13H18FNO5S. The minimum atomic E-state index is -3.91. The Kier molecular flexibility index (Phi) is 5.82. The molecule has 21 heavy (non-hydrogen) atoms. The quantitative estimate of drug-likeness (QED) is 0.744. The number of carboxylic acid groups (broad SMARTS) is 1. The largest absolute Gasteiger partial charge is 0.478 e. The van der Waals surface area contributed by atoms with Crippen molar-refractivity contribution in [3.05, 3.63) is 29.1 Å². The number of rotatable bonds is 7. The van der Waals surface area contributed by atoms with Gasteiger partial charge in [0.15, 0.2) is 0 Å². The summed E-state index contributed by atoms with van der Waals surface area (Å²) in [5.74, 6) is -2.46. The maximum Gasteiger partial charge on any atom is 0.338 e. The number of halogens is 1. The van der Waals surface area contributed by atoms with E-state index in [4.69, 9.17) is 9.84 Å². The Morgan fingerprint density at radius 1 is 1.43 bits per heavy atom. The molecule has 0 aliphatic heterocycles. The molecule has 0 saturated carbocycles. The molecule has 118 valence electrons. The molecule has 6 nitrogen and oxygen atoms in total. The molecule has 0 atom stereocenters. The predicted molar refractivity (Wildman–Crippen MR) is 74.4 cm³/mol. The van der Waals surface area contributed by atoms with Gasteiger partial charge in [-0.3, -0.25) is 0 Å². The van der Waals surface area contributed by atoms with Crippen molar-refractivity contribution in [3.8, 4) is 0 Å². The van der Waals surface area contributed by atoms with Crippen molar-refractivity contribution in [2.24, 2.45) is 0 Å². The number of aromatic carboxylic acids is 1. The average molecular weight is 319 g/mol. The van der Waals surface area contributed by atoms with Crippen molar-refractivity contribution in [1.82, 2.24) is 4.72 Å². The first-order chi connectivity index (χ1) is 9.65. The summed E-state index contributed by atoms with van der Waals surface area (Å²) in [5, 5.41) is 8.88. The van der Waals surface area contributed by atoms with Crippen LogP contribution in [0.1, 0.15) is 29.8 Å². The van der Waals surface area contributed by atoms with Crippen LogP contribution >= 0.6 is 0 Å². The summed E-state index contributed by atoms with van der Waals surface area (Å²) in [6, 6.07) is 1.89. The molecule has 0 heterocycles. The summed E-state index contributed by atoms with van der Waals surface area (Å²) >= 11 is 0. The second-order valence-corrected chi connectivity index (χ2v) is 6.49. The maximum absolute atomic E-state index is 13.6. The Morgan fingerprint density at radius 3 is 2.57 bits per heavy atom. The Balaban J connectivity index is 2.96. The van der Waals surface area contributed by atoms with E-state index in [2.05, 4.69) is 4.72 Å². The average Bonchev–Trinajstić information content (AvgIpc) is 2.37. The molecular weight excluding hydrogens is 301 g/mol. The third-order valence-corrected chi connectivity index (χ3v) is 4.05. The molecule has 0 amide bonds. The highest BCUT2D eigenvalue weighted by molar-refractivity contribution is 7.89. The molecule has 8 heteroatoms. The van der Waals surface area contributed by atoms with E-state index in [0.717, 1.165) is 12.1 Å². The van der Waals surface area contributed by atoms with Gasteiger partial charge < -0.3 is 9.84 Å². The molecule has 0 bridgehead atoms. The second kappa shape index (κ2) is 6.97. The molecule has 0 spiro atoms. The highest BCUT2D eigenvalue weighted by Gasteiger charge is 2.20. The molecule has 2 N–H and O–H groups in total. The van der Waals surface area contributed by atoms with E-state index in [9.17, 15) is 17.6 Å². The monoisotopic (exact) mass is 319 g/mol. The summed E-state index contributed by atoms with van der Waals surface area (Å²) < 4.78 is 45.1. The van der Waals surface area contributed by atoms with Crippen LogP contribution in [-0.4, -0.2) is 38.7 Å². The molecule has 0 unspecified atom stereocenters. The van der Waals surface area contributed by atoms with Crippen LogP contribution in [0.2, 0.25) is 0 Å². The number of benzene rings is 1. The molecule has 0 aromatic heterocycles. The lowest BCUT2D eigenvalue weighted by Gasteiger charge is -2.11. The van der Waals surface area contributed by atoms with E-state index in [1.165, 1.54) is 6.92 Å². The topological polar surface area (TPSA) is 92.7 Å². The number of carboxylic acids is 1. The van der Waals surface area contributed by atoms with Crippen molar-refractivity contribution < 1.29 is 27.4 Å². The van der Waals surface area contributed by atoms with Gasteiger partial charge in [-0.2, -0.15) is 0 Å². The van der Waals surface area contributed by atoms with E-state index in [1.54, 1.807) is 0 Å². The van der Waals surface area contributed by atoms with E-state index in [1.807, 2.05) is 13.8 Å². The lowest BCUT2D eigenvalue weighted by atomic mass is 10.1. The van der Waals surface area contributed by atoms with E-state index in [0.29, 0.717) is 0 Å². The molecule has 0 radical (unpaired) electrons. The third-order valence-electron chi connectivity index (χ3n) is 2.61. The zero-order valence-electron chi connectivity index (χ0n) is 12.0. The van der Waals surface area contributed by atoms with E-state index in [-0.39, 0.29) is 29.7 Å². The summed E-state index contributed by atoms with van der Waals surface area (Å²) in [4.78, 5) is 10.6. The van der Waals surface area contributed by atoms with Gasteiger partial charge in [0.2, 0.25) is 10.0 Å². The van der Waals surface area contributed by atoms with Crippen LogP contribution in [0.15, 0.2) is 17.0 Å². The highest BCUT2D eigenvalue weighted by Crippen LogP contribution is 2.19. The molecule has 1 aromatic carbocycles. The first-order valence-corrected chi connectivity index (χ1v) is 7.78. The van der Waals surface area contributed by atoms with Crippen molar-refractivity contribution in [2.45, 2.75) is 31.8 Å². The van der Waals surface area contributed by atoms with Gasteiger partial charge in [-0.25, -0.2) is 22.3 Å². The lowest BCUT2D eigenvalue weighted by Crippen LogP contribution is -2.28. The molecule has 0 aliphatic rings. The molecule has 1 aromatic rings. The number of aryl methyl sites for hydroxylation is 1. The Labute approximate surface area is 123 Å². The van der Waals surface area contributed by atoms with Crippen LogP contribution in [0, 0.1) is 12.7 Å². The highest BCUT2D eigenvalue weighted by atomic mass is 32.2. The fourth-order valence-corrected chi connectivity index (χ4v) is 2.72. The molecule has 1 rings (SSSR count). The smallest absolute Gasteiger partial charge is 0.338 e. The number of hydrogen-bond acceptors (Lipinski definition) is 4. The molecule has 0 saturated heterocycles. The van der Waals surface area contributed by atoms with Gasteiger partial charge in [-0.1, -0.05) is 0 Å². The molecule has 0 fully saturated rings. The number of nitrogens with one attached hydrogen (secondary N) is 1. The third kappa shape index (κ3) is 4.76. The van der Waals surface area contributed by atoms with Crippen LogP contribution in [0.4, 0.5) is 4.39 Å². The Hall–Kier alpha value is -1.51. The standard InChI is InChI=1S/C13H18FNO5S/c1-8(2)20-5-4-15-21(18,19)10-6-9(3)12(14)11(7-10)13(16)17/h6-8,15H,4-5H2,1-3H3,(H,16,17). The normalized spacial score (nSPS) is 11.9. The minimum Gasteiger partial charge on any atom is -0.478 e. The van der Waals surface area contributed by atoms with Crippen LogP contribution in [0.5, 0.6) is 0 Å². The Morgan fingerprint density at radius 2 is 2.05 bits per heavy atom. The summed E-state index contributed by atoms with van der Waals surface area (Å²) in [6.45, 7) is 5.17. The van der Waals surface area contributed by atoms with Crippen molar-refractivity contribution >= 4 is 16.0 Å². The Bertz CT molecular complexity index is 628. The van der Waals surface area contributed by atoms with Gasteiger partial charge >= 0.3 is 5.97 Å². The predicted octanol–water partition coefficient (Wildman–Crippen LogP) is 1.54. The fraction of sp³-hybridized carbons (Fsp3) is 0.462. The number of carbonyl (C=O) groups is 1. The first-order valence-electron chi connectivity index (χ1n) is 6.30. The second-order valence-electron chi connectivity index (χ2n) is 4.72. The summed E-state index contributed by atoms with van der Waals surface area (Å²) in [5.41, 5.74) is -0.720. The van der Waals surface area contributed by atoms with Crippen LogP contribution in [-0.2, 0) is 14.8 Å². The van der Waals surface area contributed by atoms with Crippen LogP contribution < -0.4 is 4.72 Å². The molecule has 0 aliphatic carbocycles. The van der Waals surface area contributed by atoms with Crippen molar-refractivity contribution in [3.63, 3.8) is 0 Å². The van der Waals surface area contributed by atoms with Gasteiger partial charge in [-0.05, 0) is 38.5 Å². The maximum atomic E-state index is 13.6. The minimum absolute atomic E-state index is 0.0267. The van der Waals surface area contributed by atoms with Gasteiger partial charge in [0.05, 0.1) is 23.2 Å². The van der Waals surface area contributed by atoms with Gasteiger partial charge in [-0.15, -0.1) is 0 Å². The van der Waals surface area contributed by atoms with Crippen molar-refractivity contribution in [1.29, 1.82) is 0 Å². The van der Waals surface area contributed by atoms with E-state index < -0.39 is 27.4 Å². The summed E-state index contributed by atoms with van der Waals surface area (Å²) in [6.07, 6.45) is -0.0267. The number of ether oxygens (including phenoxy) is 1. The van der Waals surface area contributed by atoms with Crippen LogP contribution in [0.25, 0.3) is 0 Å². The van der Waals surface area contributed by atoms with Gasteiger partial charge in [0.25, 0.3) is 0 Å². The van der Waals surface area contributed by atoms with E-state index >= 15 is 0 Å². The zero-order chi connectivity index (χ0) is 16.2. The fourth-order valence-electron chi connectivity index (χ4n) is 1.60.